The van der Waals surface area contributed by atoms with Crippen LogP contribution in [0.5, 0.6) is 0 Å². The maximum absolute atomic E-state index is 11.5. The Kier molecular flexibility index (Phi) is 6.78. The molecule has 0 radical (unpaired) electrons. The zero-order valence-electron chi connectivity index (χ0n) is 15.9. The lowest BCUT2D eigenvalue weighted by molar-refractivity contribution is 0.0600. The van der Waals surface area contributed by atoms with Crippen molar-refractivity contribution >= 4 is 11.9 Å². The van der Waals surface area contributed by atoms with Gasteiger partial charge in [0.25, 0.3) is 0 Å². The molecule has 0 aromatic heterocycles. The van der Waals surface area contributed by atoms with Gasteiger partial charge >= 0.3 is 5.97 Å². The highest BCUT2D eigenvalue weighted by Crippen LogP contribution is 2.21. The van der Waals surface area contributed by atoms with Gasteiger partial charge in [-0.3, -0.25) is 4.99 Å². The van der Waals surface area contributed by atoms with Crippen molar-refractivity contribution in [3.8, 4) is 0 Å². The predicted molar refractivity (Wildman–Crippen MR) is 105 cm³/mol. The number of aliphatic imine (C=N–C) groups is 1. The third-order valence-corrected chi connectivity index (χ3v) is 4.31. The molecule has 2 N–H and O–H groups in total. The summed E-state index contributed by atoms with van der Waals surface area (Å²) in [6.07, 6.45) is 0. The average Bonchev–Trinajstić information content (AvgIpc) is 2.68. The number of nitrogens with zero attached hydrogens (tertiary/aromatic N) is 1. The quantitative estimate of drug-likeness (QED) is 0.476. The van der Waals surface area contributed by atoms with Crippen molar-refractivity contribution in [3.63, 3.8) is 0 Å². The van der Waals surface area contributed by atoms with Gasteiger partial charge in [0.2, 0.25) is 0 Å². The first kappa shape index (κ1) is 19.5. The van der Waals surface area contributed by atoms with E-state index in [0.717, 1.165) is 18.1 Å². The normalized spacial score (nSPS) is 11.8. The molecule has 138 valence electrons. The molecule has 0 spiro atoms. The van der Waals surface area contributed by atoms with Gasteiger partial charge in [0, 0.05) is 25.6 Å². The number of ether oxygens (including phenoxy) is 1. The van der Waals surface area contributed by atoms with E-state index in [-0.39, 0.29) is 11.4 Å². The van der Waals surface area contributed by atoms with Gasteiger partial charge in [-0.15, -0.1) is 0 Å². The predicted octanol–water partition coefficient (Wildman–Crippen LogP) is 3.12. The van der Waals surface area contributed by atoms with Crippen LogP contribution in [0.3, 0.4) is 0 Å². The number of benzene rings is 2. The summed E-state index contributed by atoms with van der Waals surface area (Å²) in [6.45, 7) is 5.78. The molecule has 0 amide bonds. The van der Waals surface area contributed by atoms with Crippen LogP contribution in [0.4, 0.5) is 0 Å². The van der Waals surface area contributed by atoms with Gasteiger partial charge in [0.15, 0.2) is 5.96 Å². The second-order valence-electron chi connectivity index (χ2n) is 6.72. The summed E-state index contributed by atoms with van der Waals surface area (Å²) in [4.78, 5) is 15.7. The van der Waals surface area contributed by atoms with E-state index in [4.69, 9.17) is 4.74 Å². The third-order valence-electron chi connectivity index (χ3n) is 4.31. The molecule has 0 heterocycles. The van der Waals surface area contributed by atoms with Crippen LogP contribution < -0.4 is 10.6 Å². The Labute approximate surface area is 155 Å². The van der Waals surface area contributed by atoms with Crippen molar-refractivity contribution in [2.75, 3.05) is 20.7 Å². The Morgan fingerprint density at radius 2 is 1.69 bits per heavy atom. The summed E-state index contributed by atoms with van der Waals surface area (Å²) >= 11 is 0. The Morgan fingerprint density at radius 1 is 1.04 bits per heavy atom. The summed E-state index contributed by atoms with van der Waals surface area (Å²) in [5.74, 6) is 0.413. The summed E-state index contributed by atoms with van der Waals surface area (Å²) in [5, 5.41) is 6.68. The molecule has 0 unspecified atom stereocenters. The van der Waals surface area contributed by atoms with Crippen molar-refractivity contribution in [2.45, 2.75) is 25.8 Å². The van der Waals surface area contributed by atoms with E-state index in [2.05, 4.69) is 53.7 Å². The lowest BCUT2D eigenvalue weighted by atomic mass is 9.85. The number of methoxy groups -OCH3 is 1. The van der Waals surface area contributed by atoms with Gasteiger partial charge in [0.1, 0.15) is 0 Å². The smallest absolute Gasteiger partial charge is 0.337 e. The van der Waals surface area contributed by atoms with E-state index < -0.39 is 0 Å². The number of nitrogens with one attached hydrogen (secondary N) is 2. The lowest BCUT2D eigenvalue weighted by Gasteiger charge is -2.26. The second-order valence-corrected chi connectivity index (χ2v) is 6.72. The van der Waals surface area contributed by atoms with Crippen LogP contribution in [0.25, 0.3) is 0 Å². The molecule has 0 aliphatic carbocycles. The number of rotatable bonds is 6. The number of esters is 1. The Morgan fingerprint density at radius 3 is 2.27 bits per heavy atom. The van der Waals surface area contributed by atoms with Gasteiger partial charge < -0.3 is 15.4 Å². The standard InChI is InChI=1S/C21H27N3O2/c1-21(2,18-8-6-5-7-9-18)15-24-20(22-3)23-14-16-10-12-17(13-11-16)19(25)26-4/h5-13H,14-15H2,1-4H3,(H2,22,23,24). The number of carbonyl (C=O) groups excluding carboxylic acids is 1. The summed E-state index contributed by atoms with van der Waals surface area (Å²) in [6, 6.07) is 17.8. The molecule has 0 aliphatic heterocycles. The molecule has 2 rings (SSSR count). The lowest BCUT2D eigenvalue weighted by Crippen LogP contribution is -2.43. The van der Waals surface area contributed by atoms with Crippen LogP contribution in [0.1, 0.15) is 35.3 Å². The van der Waals surface area contributed by atoms with Gasteiger partial charge in [0.05, 0.1) is 12.7 Å². The monoisotopic (exact) mass is 353 g/mol. The van der Waals surface area contributed by atoms with Crippen molar-refractivity contribution in [1.82, 2.24) is 10.6 Å². The van der Waals surface area contributed by atoms with Crippen LogP contribution in [0, 0.1) is 0 Å². The van der Waals surface area contributed by atoms with Gasteiger partial charge in [-0.1, -0.05) is 56.3 Å². The minimum atomic E-state index is -0.329. The topological polar surface area (TPSA) is 62.7 Å². The van der Waals surface area contributed by atoms with Crippen molar-refractivity contribution in [3.05, 3.63) is 71.3 Å². The van der Waals surface area contributed by atoms with Crippen LogP contribution in [0.15, 0.2) is 59.6 Å². The van der Waals surface area contributed by atoms with Crippen LogP contribution >= 0.6 is 0 Å². The third kappa shape index (κ3) is 5.34. The molecule has 2 aromatic carbocycles. The van der Waals surface area contributed by atoms with Gasteiger partial charge in [-0.25, -0.2) is 4.79 Å². The Bertz CT molecular complexity index is 738. The zero-order valence-corrected chi connectivity index (χ0v) is 15.9. The second kappa shape index (κ2) is 9.04. The molecular formula is C21H27N3O2. The SMILES string of the molecule is CN=C(NCc1ccc(C(=O)OC)cc1)NCC(C)(C)c1ccccc1. The van der Waals surface area contributed by atoms with Gasteiger partial charge in [-0.05, 0) is 23.3 Å². The first-order valence-electron chi connectivity index (χ1n) is 8.63. The van der Waals surface area contributed by atoms with E-state index >= 15 is 0 Å². The largest absolute Gasteiger partial charge is 0.465 e. The fraction of sp³-hybridized carbons (Fsp3) is 0.333. The fourth-order valence-electron chi connectivity index (χ4n) is 2.58. The van der Waals surface area contributed by atoms with E-state index in [0.29, 0.717) is 12.1 Å². The van der Waals surface area contributed by atoms with Crippen molar-refractivity contribution < 1.29 is 9.53 Å². The molecule has 0 atom stereocenters. The molecule has 5 heteroatoms. The number of hydrogen-bond donors (Lipinski definition) is 2. The van der Waals surface area contributed by atoms with Crippen LogP contribution in [0.2, 0.25) is 0 Å². The maximum atomic E-state index is 11.5. The highest BCUT2D eigenvalue weighted by Gasteiger charge is 2.20. The molecule has 0 saturated carbocycles. The van der Waals surface area contributed by atoms with Crippen LogP contribution in [-0.4, -0.2) is 32.6 Å². The molecule has 2 aromatic rings. The molecule has 26 heavy (non-hydrogen) atoms. The highest BCUT2D eigenvalue weighted by molar-refractivity contribution is 5.89. The summed E-state index contributed by atoms with van der Waals surface area (Å²) in [5.41, 5.74) is 2.87. The molecule has 5 nitrogen and oxygen atoms in total. The fourth-order valence-corrected chi connectivity index (χ4v) is 2.58. The molecular weight excluding hydrogens is 326 g/mol. The first-order valence-corrected chi connectivity index (χ1v) is 8.63. The number of hydrogen-bond acceptors (Lipinski definition) is 3. The minimum Gasteiger partial charge on any atom is -0.465 e. The first-order chi connectivity index (χ1) is 12.5. The summed E-state index contributed by atoms with van der Waals surface area (Å²) in [7, 11) is 3.13. The average molecular weight is 353 g/mol. The Balaban J connectivity index is 1.89. The molecule has 0 fully saturated rings. The maximum Gasteiger partial charge on any atom is 0.337 e. The molecule has 0 saturated heterocycles. The van der Waals surface area contributed by atoms with E-state index in [9.17, 15) is 4.79 Å². The van der Waals surface area contributed by atoms with Gasteiger partial charge in [-0.2, -0.15) is 0 Å². The van der Waals surface area contributed by atoms with Crippen LogP contribution in [-0.2, 0) is 16.7 Å². The van der Waals surface area contributed by atoms with E-state index in [1.807, 2.05) is 18.2 Å². The molecule has 0 aliphatic rings. The van der Waals surface area contributed by atoms with Crippen molar-refractivity contribution in [1.29, 1.82) is 0 Å². The molecule has 0 bridgehead atoms. The number of guanidine groups is 1. The van der Waals surface area contributed by atoms with Crippen molar-refractivity contribution in [2.24, 2.45) is 4.99 Å². The Hall–Kier alpha value is -2.82. The van der Waals surface area contributed by atoms with E-state index in [1.165, 1.54) is 12.7 Å². The minimum absolute atomic E-state index is 0.0129. The zero-order chi connectivity index (χ0) is 19.0. The highest BCUT2D eigenvalue weighted by atomic mass is 16.5. The number of carbonyl (C=O) groups is 1. The summed E-state index contributed by atoms with van der Waals surface area (Å²) < 4.78 is 4.71. The van der Waals surface area contributed by atoms with E-state index in [1.54, 1.807) is 19.2 Å².